The topological polar surface area (TPSA) is 100 Å². The Morgan fingerprint density at radius 2 is 2.00 bits per heavy atom. The molecule has 8 heteroatoms. The molecule has 7 nitrogen and oxygen atoms in total. The fraction of sp³-hybridized carbons (Fsp3) is 0.320. The van der Waals surface area contributed by atoms with E-state index in [1.54, 1.807) is 6.07 Å². The van der Waals surface area contributed by atoms with Crippen molar-refractivity contribution in [2.24, 2.45) is 0 Å². The summed E-state index contributed by atoms with van der Waals surface area (Å²) in [5.74, 6) is -0.409. The van der Waals surface area contributed by atoms with Crippen molar-refractivity contribution in [1.82, 2.24) is 5.32 Å². The second-order valence-electron chi connectivity index (χ2n) is 8.52. The number of methoxy groups -OCH3 is 1. The Kier molecular flexibility index (Phi) is 6.25. The van der Waals surface area contributed by atoms with Crippen LogP contribution in [-0.4, -0.2) is 47.8 Å². The van der Waals surface area contributed by atoms with Crippen LogP contribution in [0.15, 0.2) is 54.3 Å². The van der Waals surface area contributed by atoms with Crippen molar-refractivity contribution in [2.75, 3.05) is 19.0 Å². The number of hydrogen-bond donors (Lipinski definition) is 4. The fourth-order valence-electron chi connectivity index (χ4n) is 4.14. The summed E-state index contributed by atoms with van der Waals surface area (Å²) in [6.07, 6.45) is 0.887. The van der Waals surface area contributed by atoms with Gasteiger partial charge in [-0.1, -0.05) is 24.3 Å². The molecule has 33 heavy (non-hydrogen) atoms. The van der Waals surface area contributed by atoms with Crippen molar-refractivity contribution in [3.8, 4) is 0 Å². The van der Waals surface area contributed by atoms with Gasteiger partial charge in [0.25, 0.3) is 0 Å². The van der Waals surface area contributed by atoms with Gasteiger partial charge < -0.3 is 25.0 Å². The minimum absolute atomic E-state index is 0.353. The van der Waals surface area contributed by atoms with Crippen molar-refractivity contribution in [1.29, 1.82) is 0 Å². The third-order valence-electron chi connectivity index (χ3n) is 5.88. The zero-order valence-corrected chi connectivity index (χ0v) is 18.7. The molecule has 0 saturated heterocycles. The molecule has 1 unspecified atom stereocenters. The van der Waals surface area contributed by atoms with Crippen LogP contribution in [0.3, 0.4) is 0 Å². The first-order valence-electron chi connectivity index (χ1n) is 10.6. The summed E-state index contributed by atoms with van der Waals surface area (Å²) in [6.45, 7) is 3.90. The molecule has 4 rings (SSSR count). The minimum atomic E-state index is -0.995. The summed E-state index contributed by atoms with van der Waals surface area (Å²) in [6, 6.07) is 11.3. The second-order valence-corrected chi connectivity index (χ2v) is 8.52. The Morgan fingerprint density at radius 1 is 1.27 bits per heavy atom. The number of nitrogens with one attached hydrogen (secondary N) is 2. The van der Waals surface area contributed by atoms with Crippen molar-refractivity contribution in [3.05, 3.63) is 76.8 Å². The van der Waals surface area contributed by atoms with Crippen LogP contribution in [0.1, 0.15) is 30.5 Å². The maximum atomic E-state index is 13.8. The Bertz CT molecular complexity index is 1120. The van der Waals surface area contributed by atoms with E-state index in [0.29, 0.717) is 29.1 Å². The molecule has 174 valence electrons. The molecule has 0 amide bonds. The smallest absolute Gasteiger partial charge is 0.325 e. The van der Waals surface area contributed by atoms with Gasteiger partial charge in [-0.05, 0) is 49.2 Å². The third kappa shape index (κ3) is 4.50. The highest BCUT2D eigenvalue weighted by Gasteiger charge is 2.37. The predicted octanol–water partition coefficient (Wildman–Crippen LogP) is 2.80. The molecular formula is C25H27FN2O5. The van der Waals surface area contributed by atoms with E-state index in [9.17, 15) is 19.4 Å². The average molecular weight is 454 g/mol. The number of fused-ring (bicyclic) bond motifs is 1. The lowest BCUT2D eigenvalue weighted by molar-refractivity contribution is -0.144. The summed E-state index contributed by atoms with van der Waals surface area (Å²) < 4.78 is 24.7. The van der Waals surface area contributed by atoms with Crippen LogP contribution in [-0.2, 0) is 20.8 Å². The molecule has 0 bridgehead atoms. The first kappa shape index (κ1) is 23.0. The highest BCUT2D eigenvalue weighted by molar-refractivity contribution is 5.90. The van der Waals surface area contributed by atoms with Crippen molar-refractivity contribution < 1.29 is 28.9 Å². The molecule has 2 aromatic carbocycles. The summed E-state index contributed by atoms with van der Waals surface area (Å²) >= 11 is 0. The SMILES string of the molecule is COC(=O)[C@@H](CO)NCc1ccc(C2=C/C(=C3/c4cc(F)ccc4NC3O)OC2(C)C)cc1. The zero-order valence-electron chi connectivity index (χ0n) is 18.7. The van der Waals surface area contributed by atoms with E-state index in [4.69, 9.17) is 4.74 Å². The first-order chi connectivity index (χ1) is 15.7. The lowest BCUT2D eigenvalue weighted by atomic mass is 9.91. The highest BCUT2D eigenvalue weighted by atomic mass is 19.1. The summed E-state index contributed by atoms with van der Waals surface area (Å²) in [7, 11) is 1.28. The van der Waals surface area contributed by atoms with Gasteiger partial charge in [0.2, 0.25) is 0 Å². The number of allylic oxidation sites excluding steroid dienone is 1. The number of anilines is 1. The average Bonchev–Trinajstić information content (AvgIpc) is 3.28. The normalized spacial score (nSPS) is 21.6. The molecule has 2 aromatic rings. The number of esters is 1. The lowest BCUT2D eigenvalue weighted by Crippen LogP contribution is -2.40. The summed E-state index contributed by atoms with van der Waals surface area (Å²) in [5.41, 5.74) is 3.86. The van der Waals surface area contributed by atoms with E-state index >= 15 is 0 Å². The molecule has 2 aliphatic heterocycles. The number of rotatable bonds is 6. The molecular weight excluding hydrogens is 427 g/mol. The quantitative estimate of drug-likeness (QED) is 0.498. The molecule has 0 aliphatic carbocycles. The monoisotopic (exact) mass is 454 g/mol. The van der Waals surface area contributed by atoms with Crippen LogP contribution < -0.4 is 10.6 Å². The number of benzene rings is 2. The van der Waals surface area contributed by atoms with Gasteiger partial charge in [0, 0.05) is 23.4 Å². The van der Waals surface area contributed by atoms with Crippen LogP contribution in [0.5, 0.6) is 0 Å². The van der Waals surface area contributed by atoms with Crippen LogP contribution >= 0.6 is 0 Å². The second kappa shape index (κ2) is 8.97. The van der Waals surface area contributed by atoms with E-state index in [1.165, 1.54) is 19.2 Å². The zero-order chi connectivity index (χ0) is 23.8. The van der Waals surface area contributed by atoms with Crippen molar-refractivity contribution >= 4 is 22.8 Å². The number of aliphatic hydroxyl groups is 2. The standard InChI is InChI=1S/C25H27FN2O5/c1-25(2)18(15-6-4-14(5-7-15)12-27-20(13-29)24(31)32-3)11-21(33-25)22-17-10-16(26)8-9-19(17)28-23(22)30/h4-11,20,23,27-30H,12-13H2,1-3H3/b22-21+/t20-,23?/m1/s1. The third-order valence-corrected chi connectivity index (χ3v) is 5.88. The van der Waals surface area contributed by atoms with Gasteiger partial charge in [-0.15, -0.1) is 0 Å². The van der Waals surface area contributed by atoms with Crippen LogP contribution in [0, 0.1) is 5.82 Å². The molecule has 0 radical (unpaired) electrons. The van der Waals surface area contributed by atoms with Gasteiger partial charge in [-0.25, -0.2) is 4.39 Å². The summed E-state index contributed by atoms with van der Waals surface area (Å²) in [4.78, 5) is 11.6. The molecule has 2 atom stereocenters. The lowest BCUT2D eigenvalue weighted by Gasteiger charge is -2.24. The molecule has 4 N–H and O–H groups in total. The first-order valence-corrected chi connectivity index (χ1v) is 10.6. The Balaban J connectivity index is 1.59. The van der Waals surface area contributed by atoms with Gasteiger partial charge in [0.1, 0.15) is 23.2 Å². The number of aliphatic hydroxyl groups excluding tert-OH is 2. The van der Waals surface area contributed by atoms with Gasteiger partial charge in [-0.2, -0.15) is 0 Å². The van der Waals surface area contributed by atoms with Crippen molar-refractivity contribution in [3.63, 3.8) is 0 Å². The van der Waals surface area contributed by atoms with Gasteiger partial charge >= 0.3 is 5.97 Å². The molecule has 2 heterocycles. The maximum Gasteiger partial charge on any atom is 0.325 e. The fourth-order valence-corrected chi connectivity index (χ4v) is 4.14. The molecule has 0 fully saturated rings. The Morgan fingerprint density at radius 3 is 2.67 bits per heavy atom. The van der Waals surface area contributed by atoms with Crippen molar-refractivity contribution in [2.45, 2.75) is 38.3 Å². The van der Waals surface area contributed by atoms with Gasteiger partial charge in [0.05, 0.1) is 19.3 Å². The number of hydrogen-bond acceptors (Lipinski definition) is 7. The largest absolute Gasteiger partial charge is 0.483 e. The maximum absolute atomic E-state index is 13.8. The van der Waals surface area contributed by atoms with Crippen LogP contribution in [0.25, 0.3) is 11.1 Å². The van der Waals surface area contributed by atoms with Crippen LogP contribution in [0.2, 0.25) is 0 Å². The number of halogens is 1. The molecule has 0 aromatic heterocycles. The Hall–Kier alpha value is -3.20. The van der Waals surface area contributed by atoms with E-state index in [1.807, 2.05) is 44.2 Å². The predicted molar refractivity (Wildman–Crippen MR) is 122 cm³/mol. The molecule has 0 spiro atoms. The number of carbonyl (C=O) groups excluding carboxylic acids is 1. The Labute approximate surface area is 191 Å². The minimum Gasteiger partial charge on any atom is -0.483 e. The number of carbonyl (C=O) groups is 1. The van der Waals surface area contributed by atoms with E-state index < -0.39 is 23.8 Å². The molecule has 0 saturated carbocycles. The van der Waals surface area contributed by atoms with E-state index in [0.717, 1.165) is 16.7 Å². The van der Waals surface area contributed by atoms with Gasteiger partial charge in [0.15, 0.2) is 6.23 Å². The van der Waals surface area contributed by atoms with Crippen LogP contribution in [0.4, 0.5) is 10.1 Å². The van der Waals surface area contributed by atoms with E-state index in [-0.39, 0.29) is 12.4 Å². The van der Waals surface area contributed by atoms with Gasteiger partial charge in [-0.3, -0.25) is 10.1 Å². The van der Waals surface area contributed by atoms with E-state index in [2.05, 4.69) is 15.4 Å². The highest BCUT2D eigenvalue weighted by Crippen LogP contribution is 2.45. The number of ether oxygens (including phenoxy) is 2. The summed E-state index contributed by atoms with van der Waals surface area (Å²) in [5, 5.41) is 25.8. The molecule has 2 aliphatic rings.